The van der Waals surface area contributed by atoms with Crippen LogP contribution in [-0.2, 0) is 0 Å². The Hall–Kier alpha value is -0.770. The first-order valence-electron chi connectivity index (χ1n) is 4.64. The molecule has 1 amide bonds. The fraction of sp³-hybridized carbons (Fsp3) is 0.889. The molecule has 0 aromatic carbocycles. The summed E-state index contributed by atoms with van der Waals surface area (Å²) in [5.74, 6) is 0. The van der Waals surface area contributed by atoms with Crippen LogP contribution in [0.1, 0.15) is 27.2 Å². The van der Waals surface area contributed by atoms with Gasteiger partial charge in [0.1, 0.15) is 0 Å². The topological polar surface area (TPSA) is 52.6 Å². The summed E-state index contributed by atoms with van der Waals surface area (Å²) in [7, 11) is 0. The normalized spacial score (nSPS) is 23.6. The lowest BCUT2D eigenvalue weighted by atomic mass is 10.1. The van der Waals surface area contributed by atoms with E-state index in [9.17, 15) is 4.79 Å². The Labute approximate surface area is 78.9 Å². The minimum Gasteiger partial charge on any atom is -0.465 e. The number of hydrogen-bond donors (Lipinski definition) is 2. The van der Waals surface area contributed by atoms with Crippen LogP contribution in [0.4, 0.5) is 4.79 Å². The highest BCUT2D eigenvalue weighted by Gasteiger charge is 2.28. The second-order valence-electron chi connectivity index (χ2n) is 4.61. The van der Waals surface area contributed by atoms with E-state index >= 15 is 0 Å². The molecule has 0 radical (unpaired) electrons. The summed E-state index contributed by atoms with van der Waals surface area (Å²) in [6, 6.07) is 0.316. The molecular weight excluding hydrogens is 168 g/mol. The molecule has 4 nitrogen and oxygen atoms in total. The number of hydrogen-bond acceptors (Lipinski definition) is 2. The van der Waals surface area contributed by atoms with Gasteiger partial charge < -0.3 is 15.3 Å². The molecule has 13 heavy (non-hydrogen) atoms. The van der Waals surface area contributed by atoms with Gasteiger partial charge in [-0.05, 0) is 27.2 Å². The van der Waals surface area contributed by atoms with E-state index in [1.54, 1.807) is 0 Å². The molecule has 0 saturated carbocycles. The van der Waals surface area contributed by atoms with Crippen molar-refractivity contribution in [1.29, 1.82) is 0 Å². The van der Waals surface area contributed by atoms with Crippen molar-refractivity contribution >= 4 is 6.09 Å². The summed E-state index contributed by atoms with van der Waals surface area (Å²) in [5, 5.41) is 12.1. The first-order valence-corrected chi connectivity index (χ1v) is 4.64. The lowest BCUT2D eigenvalue weighted by Gasteiger charge is -2.25. The number of nitrogens with one attached hydrogen (secondary N) is 1. The van der Waals surface area contributed by atoms with Crippen LogP contribution >= 0.6 is 0 Å². The van der Waals surface area contributed by atoms with Gasteiger partial charge in [-0.3, -0.25) is 0 Å². The Morgan fingerprint density at radius 1 is 1.54 bits per heavy atom. The zero-order valence-electron chi connectivity index (χ0n) is 8.50. The fourth-order valence-electron chi connectivity index (χ4n) is 1.66. The minimum absolute atomic E-state index is 0.0686. The maximum absolute atomic E-state index is 10.6. The van der Waals surface area contributed by atoms with Gasteiger partial charge in [0.25, 0.3) is 0 Å². The first kappa shape index (κ1) is 10.3. The van der Waals surface area contributed by atoms with Crippen molar-refractivity contribution in [3.63, 3.8) is 0 Å². The largest absolute Gasteiger partial charge is 0.465 e. The van der Waals surface area contributed by atoms with Crippen LogP contribution in [0.25, 0.3) is 0 Å². The molecule has 0 aromatic rings. The number of carboxylic acid groups (broad SMARTS) is 1. The highest BCUT2D eigenvalue weighted by molar-refractivity contribution is 5.65. The number of amides is 1. The van der Waals surface area contributed by atoms with Gasteiger partial charge in [-0.25, -0.2) is 4.79 Å². The third-order valence-electron chi connectivity index (χ3n) is 2.10. The van der Waals surface area contributed by atoms with Gasteiger partial charge in [0.2, 0.25) is 0 Å². The predicted molar refractivity (Wildman–Crippen MR) is 50.9 cm³/mol. The molecule has 0 spiro atoms. The number of rotatable bonds is 1. The van der Waals surface area contributed by atoms with Gasteiger partial charge in [0.05, 0.1) is 0 Å². The minimum atomic E-state index is -0.807. The van der Waals surface area contributed by atoms with Crippen molar-refractivity contribution < 1.29 is 9.90 Å². The van der Waals surface area contributed by atoms with Crippen LogP contribution in [0.3, 0.4) is 0 Å². The molecule has 1 aliphatic rings. The van der Waals surface area contributed by atoms with Crippen LogP contribution in [0, 0.1) is 0 Å². The van der Waals surface area contributed by atoms with Crippen molar-refractivity contribution in [3.05, 3.63) is 0 Å². The highest BCUT2D eigenvalue weighted by atomic mass is 16.4. The molecule has 0 unspecified atom stereocenters. The quantitative estimate of drug-likeness (QED) is 0.645. The molecule has 0 aromatic heterocycles. The standard InChI is InChI=1S/C9H18N2O2/c1-9(2,3)10-7-4-5-11(6-7)8(12)13/h7,10H,4-6H2,1-3H3,(H,12,13)/t7-/m0/s1. The number of nitrogens with zero attached hydrogens (tertiary/aromatic N) is 1. The Morgan fingerprint density at radius 2 is 2.15 bits per heavy atom. The second kappa shape index (κ2) is 3.54. The Balaban J connectivity index is 2.38. The molecule has 1 heterocycles. The monoisotopic (exact) mass is 186 g/mol. The molecule has 1 saturated heterocycles. The molecule has 1 aliphatic heterocycles. The molecule has 76 valence electrons. The maximum atomic E-state index is 10.6. The zero-order chi connectivity index (χ0) is 10.1. The zero-order valence-corrected chi connectivity index (χ0v) is 8.50. The fourth-order valence-corrected chi connectivity index (χ4v) is 1.66. The number of likely N-dealkylation sites (tertiary alicyclic amines) is 1. The molecule has 2 N–H and O–H groups in total. The highest BCUT2D eigenvalue weighted by Crippen LogP contribution is 2.12. The maximum Gasteiger partial charge on any atom is 0.407 e. The lowest BCUT2D eigenvalue weighted by molar-refractivity contribution is 0.154. The van der Waals surface area contributed by atoms with Crippen molar-refractivity contribution in [2.24, 2.45) is 0 Å². The van der Waals surface area contributed by atoms with Crippen LogP contribution in [0.15, 0.2) is 0 Å². The summed E-state index contributed by atoms with van der Waals surface area (Å²) < 4.78 is 0. The van der Waals surface area contributed by atoms with Gasteiger partial charge in [0.15, 0.2) is 0 Å². The van der Waals surface area contributed by atoms with E-state index in [1.807, 2.05) is 0 Å². The van der Waals surface area contributed by atoms with Gasteiger partial charge in [-0.1, -0.05) is 0 Å². The molecular formula is C9H18N2O2. The summed E-state index contributed by atoms with van der Waals surface area (Å²) in [6.45, 7) is 7.55. The first-order chi connectivity index (χ1) is 5.88. The van der Waals surface area contributed by atoms with Crippen molar-refractivity contribution in [3.8, 4) is 0 Å². The third kappa shape index (κ3) is 3.22. The Kier molecular flexibility index (Phi) is 2.81. The van der Waals surface area contributed by atoms with E-state index in [1.165, 1.54) is 4.90 Å². The van der Waals surface area contributed by atoms with Crippen molar-refractivity contribution in [2.75, 3.05) is 13.1 Å². The number of carbonyl (C=O) groups is 1. The molecule has 1 fully saturated rings. The van der Waals surface area contributed by atoms with Crippen LogP contribution < -0.4 is 5.32 Å². The van der Waals surface area contributed by atoms with Gasteiger partial charge in [-0.15, -0.1) is 0 Å². The Bertz CT molecular complexity index is 198. The molecule has 1 rings (SSSR count). The Morgan fingerprint density at radius 3 is 2.54 bits per heavy atom. The smallest absolute Gasteiger partial charge is 0.407 e. The summed E-state index contributed by atoms with van der Waals surface area (Å²) in [4.78, 5) is 12.1. The van der Waals surface area contributed by atoms with Crippen LogP contribution in [0.5, 0.6) is 0 Å². The van der Waals surface area contributed by atoms with E-state index < -0.39 is 6.09 Å². The molecule has 1 atom stereocenters. The van der Waals surface area contributed by atoms with Gasteiger partial charge in [-0.2, -0.15) is 0 Å². The van der Waals surface area contributed by atoms with E-state index in [0.29, 0.717) is 19.1 Å². The van der Waals surface area contributed by atoms with E-state index in [4.69, 9.17) is 5.11 Å². The average Bonchev–Trinajstić information content (AvgIpc) is 2.31. The van der Waals surface area contributed by atoms with E-state index in [-0.39, 0.29) is 5.54 Å². The van der Waals surface area contributed by atoms with Crippen LogP contribution in [-0.4, -0.2) is 40.8 Å². The van der Waals surface area contributed by atoms with E-state index in [2.05, 4.69) is 26.1 Å². The predicted octanol–water partition coefficient (Wildman–Crippen LogP) is 1.13. The molecule has 4 heteroatoms. The summed E-state index contributed by atoms with van der Waals surface area (Å²) in [5.41, 5.74) is 0.0686. The van der Waals surface area contributed by atoms with Crippen LogP contribution in [0.2, 0.25) is 0 Å². The van der Waals surface area contributed by atoms with Crippen molar-refractivity contribution in [1.82, 2.24) is 10.2 Å². The van der Waals surface area contributed by atoms with Gasteiger partial charge >= 0.3 is 6.09 Å². The lowest BCUT2D eigenvalue weighted by Crippen LogP contribution is -2.45. The molecule has 0 bridgehead atoms. The third-order valence-corrected chi connectivity index (χ3v) is 2.10. The molecule has 0 aliphatic carbocycles. The van der Waals surface area contributed by atoms with Gasteiger partial charge in [0, 0.05) is 24.7 Å². The average molecular weight is 186 g/mol. The second-order valence-corrected chi connectivity index (χ2v) is 4.61. The van der Waals surface area contributed by atoms with Crippen molar-refractivity contribution in [2.45, 2.75) is 38.8 Å². The summed E-state index contributed by atoms with van der Waals surface area (Å²) >= 11 is 0. The van der Waals surface area contributed by atoms with E-state index in [0.717, 1.165) is 6.42 Å². The summed E-state index contributed by atoms with van der Waals surface area (Å²) in [6.07, 6.45) is 0.113. The SMILES string of the molecule is CC(C)(C)N[C@H]1CCN(C(=O)O)C1.